The first kappa shape index (κ1) is 11.8. The Kier molecular flexibility index (Phi) is 3.57. The third-order valence-electron chi connectivity index (χ3n) is 1.85. The number of ether oxygens (including phenoxy) is 1. The van der Waals surface area contributed by atoms with E-state index in [-0.39, 0.29) is 11.8 Å². The van der Waals surface area contributed by atoms with Crippen LogP contribution in [0.15, 0.2) is 24.3 Å². The molecular formula is C10H13F3NO+. The maximum absolute atomic E-state index is 11.8. The Hall–Kier alpha value is -1.23. The fraction of sp³-hybridized carbons (Fsp3) is 0.400. The Balaban J connectivity index is 2.57. The van der Waals surface area contributed by atoms with Gasteiger partial charge in [0.15, 0.2) is 6.61 Å². The molecule has 0 spiro atoms. The summed E-state index contributed by atoms with van der Waals surface area (Å²) < 4.78 is 40.0. The summed E-state index contributed by atoms with van der Waals surface area (Å²) in [4.78, 5) is 0. The lowest BCUT2D eigenvalue weighted by molar-refractivity contribution is -0.420. The van der Waals surface area contributed by atoms with Crippen LogP contribution in [0.2, 0.25) is 0 Å². The second kappa shape index (κ2) is 4.53. The van der Waals surface area contributed by atoms with Crippen LogP contribution in [0, 0.1) is 0 Å². The fourth-order valence-electron chi connectivity index (χ4n) is 1.06. The molecule has 84 valence electrons. The molecule has 15 heavy (non-hydrogen) atoms. The van der Waals surface area contributed by atoms with E-state index in [1.54, 1.807) is 12.1 Å². The summed E-state index contributed by atoms with van der Waals surface area (Å²) in [5, 5.41) is 0. The molecule has 0 aromatic heterocycles. The summed E-state index contributed by atoms with van der Waals surface area (Å²) in [6.07, 6.45) is -4.29. The van der Waals surface area contributed by atoms with Gasteiger partial charge in [-0.25, -0.2) is 0 Å². The van der Waals surface area contributed by atoms with Crippen LogP contribution < -0.4 is 10.5 Å². The lowest BCUT2D eigenvalue weighted by Crippen LogP contribution is -2.51. The smallest absolute Gasteiger partial charge is 0.422 e. The second-order valence-electron chi connectivity index (χ2n) is 3.37. The van der Waals surface area contributed by atoms with Crippen LogP contribution in [0.4, 0.5) is 13.2 Å². The van der Waals surface area contributed by atoms with Gasteiger partial charge in [-0.3, -0.25) is 0 Å². The monoisotopic (exact) mass is 220 g/mol. The van der Waals surface area contributed by atoms with E-state index in [4.69, 9.17) is 0 Å². The molecule has 0 saturated heterocycles. The summed E-state index contributed by atoms with van der Waals surface area (Å²) in [7, 11) is 0. The van der Waals surface area contributed by atoms with Crippen molar-refractivity contribution < 1.29 is 23.6 Å². The minimum Gasteiger partial charge on any atom is -0.484 e. The third-order valence-corrected chi connectivity index (χ3v) is 1.85. The van der Waals surface area contributed by atoms with Crippen molar-refractivity contribution in [2.45, 2.75) is 19.1 Å². The maximum atomic E-state index is 11.8. The molecule has 1 atom stereocenters. The van der Waals surface area contributed by atoms with Gasteiger partial charge in [0.1, 0.15) is 11.8 Å². The largest absolute Gasteiger partial charge is 0.484 e. The summed E-state index contributed by atoms with van der Waals surface area (Å²) in [5.74, 6) is 0.219. The number of halogens is 3. The first-order chi connectivity index (χ1) is 6.88. The SMILES string of the molecule is C[C@H]([NH3+])c1ccc(OCC(F)(F)F)cc1. The molecule has 0 bridgehead atoms. The van der Waals surface area contributed by atoms with E-state index < -0.39 is 12.8 Å². The summed E-state index contributed by atoms with van der Waals surface area (Å²) in [6, 6.07) is 6.57. The van der Waals surface area contributed by atoms with Crippen LogP contribution in [-0.4, -0.2) is 12.8 Å². The Morgan fingerprint density at radius 1 is 1.27 bits per heavy atom. The molecule has 0 heterocycles. The Bertz CT molecular complexity index is 305. The van der Waals surface area contributed by atoms with E-state index in [0.29, 0.717) is 0 Å². The highest BCUT2D eigenvalue weighted by Gasteiger charge is 2.28. The Morgan fingerprint density at radius 3 is 2.20 bits per heavy atom. The van der Waals surface area contributed by atoms with E-state index in [2.05, 4.69) is 10.5 Å². The summed E-state index contributed by atoms with van der Waals surface area (Å²) >= 11 is 0. The summed E-state index contributed by atoms with van der Waals surface area (Å²) in [6.45, 7) is 0.651. The average Bonchev–Trinajstić information content (AvgIpc) is 2.14. The van der Waals surface area contributed by atoms with Crippen LogP contribution in [0.5, 0.6) is 5.75 Å². The zero-order chi connectivity index (χ0) is 11.5. The standard InChI is InChI=1S/C10H12F3NO/c1-7(14)8-2-4-9(5-3-8)15-6-10(11,12)13/h2-5,7H,6,14H2,1H3/p+1/t7-/m0/s1. The third kappa shape index (κ3) is 4.20. The number of rotatable bonds is 3. The zero-order valence-corrected chi connectivity index (χ0v) is 8.34. The highest BCUT2D eigenvalue weighted by atomic mass is 19.4. The van der Waals surface area contributed by atoms with E-state index in [1.807, 2.05) is 6.92 Å². The van der Waals surface area contributed by atoms with Crippen molar-refractivity contribution in [1.82, 2.24) is 0 Å². The molecule has 0 unspecified atom stereocenters. The molecule has 0 aliphatic carbocycles. The van der Waals surface area contributed by atoms with E-state index in [9.17, 15) is 13.2 Å². The molecule has 0 amide bonds. The van der Waals surface area contributed by atoms with Crippen LogP contribution in [-0.2, 0) is 0 Å². The number of hydrogen-bond donors (Lipinski definition) is 1. The van der Waals surface area contributed by atoms with Crippen LogP contribution in [0.1, 0.15) is 18.5 Å². The molecule has 2 nitrogen and oxygen atoms in total. The first-order valence-corrected chi connectivity index (χ1v) is 4.51. The molecule has 0 aliphatic heterocycles. The maximum Gasteiger partial charge on any atom is 0.422 e. The van der Waals surface area contributed by atoms with Crippen molar-refractivity contribution in [3.63, 3.8) is 0 Å². The van der Waals surface area contributed by atoms with Crippen LogP contribution >= 0.6 is 0 Å². The normalized spacial score (nSPS) is 13.7. The van der Waals surface area contributed by atoms with Crippen molar-refractivity contribution in [2.75, 3.05) is 6.61 Å². The lowest BCUT2D eigenvalue weighted by atomic mass is 10.1. The minimum absolute atomic E-state index is 0.113. The molecule has 0 fully saturated rings. The molecule has 3 N–H and O–H groups in total. The number of alkyl halides is 3. The molecular weight excluding hydrogens is 207 g/mol. The van der Waals surface area contributed by atoms with Gasteiger partial charge in [-0.05, 0) is 31.2 Å². The average molecular weight is 220 g/mol. The highest BCUT2D eigenvalue weighted by molar-refractivity contribution is 5.28. The molecule has 1 aromatic carbocycles. The van der Waals surface area contributed by atoms with Gasteiger partial charge in [0.2, 0.25) is 0 Å². The number of benzene rings is 1. The second-order valence-corrected chi connectivity index (χ2v) is 3.37. The van der Waals surface area contributed by atoms with Crippen molar-refractivity contribution in [3.05, 3.63) is 29.8 Å². The Labute approximate surface area is 85.8 Å². The van der Waals surface area contributed by atoms with Gasteiger partial charge in [-0.2, -0.15) is 13.2 Å². The van der Waals surface area contributed by atoms with Gasteiger partial charge in [0.05, 0.1) is 0 Å². The molecule has 0 saturated carbocycles. The van der Waals surface area contributed by atoms with Crippen molar-refractivity contribution in [3.8, 4) is 5.75 Å². The molecule has 5 heteroatoms. The van der Waals surface area contributed by atoms with Crippen molar-refractivity contribution in [1.29, 1.82) is 0 Å². The lowest BCUT2D eigenvalue weighted by Gasteiger charge is -2.09. The van der Waals surface area contributed by atoms with Crippen molar-refractivity contribution in [2.24, 2.45) is 0 Å². The number of hydrogen-bond acceptors (Lipinski definition) is 1. The summed E-state index contributed by atoms with van der Waals surface area (Å²) in [5.41, 5.74) is 4.77. The van der Waals surface area contributed by atoms with E-state index >= 15 is 0 Å². The van der Waals surface area contributed by atoms with Gasteiger partial charge < -0.3 is 10.5 Å². The van der Waals surface area contributed by atoms with Gasteiger partial charge in [-0.1, -0.05) is 0 Å². The van der Waals surface area contributed by atoms with Gasteiger partial charge in [0.25, 0.3) is 0 Å². The molecule has 1 rings (SSSR count). The minimum atomic E-state index is -4.29. The Morgan fingerprint density at radius 2 is 1.80 bits per heavy atom. The highest BCUT2D eigenvalue weighted by Crippen LogP contribution is 2.19. The fourth-order valence-corrected chi connectivity index (χ4v) is 1.06. The zero-order valence-electron chi connectivity index (χ0n) is 8.34. The predicted octanol–water partition coefficient (Wildman–Crippen LogP) is 1.93. The van der Waals surface area contributed by atoms with Crippen molar-refractivity contribution >= 4 is 0 Å². The van der Waals surface area contributed by atoms with E-state index in [0.717, 1.165) is 5.56 Å². The molecule has 0 aliphatic rings. The topological polar surface area (TPSA) is 36.9 Å². The molecule has 0 radical (unpaired) electrons. The van der Waals surface area contributed by atoms with Crippen LogP contribution in [0.25, 0.3) is 0 Å². The predicted molar refractivity (Wildman–Crippen MR) is 49.3 cm³/mol. The first-order valence-electron chi connectivity index (χ1n) is 4.51. The van der Waals surface area contributed by atoms with E-state index in [1.165, 1.54) is 12.1 Å². The molecule has 1 aromatic rings. The quantitative estimate of drug-likeness (QED) is 0.830. The van der Waals surface area contributed by atoms with Gasteiger partial charge >= 0.3 is 6.18 Å². The van der Waals surface area contributed by atoms with Gasteiger partial charge in [0, 0.05) is 5.56 Å². The van der Waals surface area contributed by atoms with Gasteiger partial charge in [-0.15, -0.1) is 0 Å². The number of quaternary nitrogens is 1. The van der Waals surface area contributed by atoms with Crippen LogP contribution in [0.3, 0.4) is 0 Å².